The Hall–Kier alpha value is -2.13. The average molecular weight is 313 g/mol. The number of ether oxygens (including phenoxy) is 2. The second-order valence-corrected chi connectivity index (χ2v) is 6.18. The first kappa shape index (κ1) is 15.3. The number of nitrogens with zero attached hydrogens (tertiary/aromatic N) is 2. The molecule has 0 amide bonds. The Bertz CT molecular complexity index is 754. The van der Waals surface area contributed by atoms with E-state index in [0.29, 0.717) is 11.3 Å². The van der Waals surface area contributed by atoms with Crippen LogP contribution in [0.2, 0.25) is 0 Å². The molecular weight excluding hydrogens is 298 g/mol. The number of methoxy groups -OCH3 is 2. The Morgan fingerprint density at radius 1 is 1.24 bits per heavy atom. The quantitative estimate of drug-likeness (QED) is 0.853. The molecule has 0 saturated heterocycles. The van der Waals surface area contributed by atoms with E-state index >= 15 is 0 Å². The normalized spacial score (nSPS) is 11.4. The van der Waals surface area contributed by atoms with E-state index in [2.05, 4.69) is 10.1 Å². The molecule has 0 atom stereocenters. The van der Waals surface area contributed by atoms with Crippen LogP contribution in [-0.4, -0.2) is 39.0 Å². The summed E-state index contributed by atoms with van der Waals surface area (Å²) in [5.74, 6) is 0.969. The molecule has 2 N–H and O–H groups in total. The van der Waals surface area contributed by atoms with Gasteiger partial charge in [-0.3, -0.25) is 0 Å². The van der Waals surface area contributed by atoms with Crippen LogP contribution in [0, 0.1) is 0 Å². The molecule has 1 aromatic heterocycles. The second kappa shape index (κ2) is 5.70. The first-order chi connectivity index (χ1) is 9.90. The molecule has 0 fully saturated rings. The van der Waals surface area contributed by atoms with E-state index in [1.807, 2.05) is 0 Å². The molecule has 0 aliphatic carbocycles. The molecule has 0 saturated carbocycles. The second-order valence-electron chi connectivity index (χ2n) is 4.19. The summed E-state index contributed by atoms with van der Waals surface area (Å²) in [4.78, 5) is 4.11. The molecule has 114 valence electrons. The zero-order chi connectivity index (χ0) is 15.6. The molecule has 0 unspecified atom stereocenters. The van der Waals surface area contributed by atoms with Gasteiger partial charge in [-0.15, -0.1) is 0 Å². The largest absolute Gasteiger partial charge is 0.496 e. The molecule has 0 radical (unpaired) electrons. The first-order valence-corrected chi connectivity index (χ1v) is 7.79. The van der Waals surface area contributed by atoms with Gasteiger partial charge in [0.15, 0.2) is 9.84 Å². The fourth-order valence-electron chi connectivity index (χ4n) is 1.78. The van der Waals surface area contributed by atoms with Gasteiger partial charge < -0.3 is 19.7 Å². The van der Waals surface area contributed by atoms with Crippen LogP contribution in [0.3, 0.4) is 0 Å². The van der Waals surface area contributed by atoms with E-state index in [9.17, 15) is 8.42 Å². The van der Waals surface area contributed by atoms with Crippen LogP contribution < -0.4 is 15.2 Å². The van der Waals surface area contributed by atoms with Gasteiger partial charge in [-0.2, -0.15) is 4.98 Å². The minimum atomic E-state index is -3.47. The number of rotatable bonds is 5. The van der Waals surface area contributed by atoms with E-state index in [-0.39, 0.29) is 28.9 Å². The minimum absolute atomic E-state index is 0.0214. The smallest absolute Gasteiger partial charge is 0.240 e. The zero-order valence-electron chi connectivity index (χ0n) is 11.8. The summed E-state index contributed by atoms with van der Waals surface area (Å²) in [5.41, 5.74) is 5.87. The Morgan fingerprint density at radius 2 is 1.90 bits per heavy atom. The van der Waals surface area contributed by atoms with E-state index in [4.69, 9.17) is 19.7 Å². The number of benzene rings is 1. The number of aromatic nitrogens is 2. The standard InChI is InChI=1S/C12H15N3O5S/c1-18-8-5-10(21(3,16)17)9(19-2)4-7(8)12-14-11(6-13)20-15-12/h4-5H,6,13H2,1-3H3. The highest BCUT2D eigenvalue weighted by molar-refractivity contribution is 7.90. The maximum absolute atomic E-state index is 11.8. The van der Waals surface area contributed by atoms with Crippen LogP contribution in [0.4, 0.5) is 0 Å². The van der Waals surface area contributed by atoms with Gasteiger partial charge >= 0.3 is 0 Å². The molecule has 0 spiro atoms. The molecular formula is C12H15N3O5S. The summed E-state index contributed by atoms with van der Waals surface area (Å²) < 4.78 is 38.8. The van der Waals surface area contributed by atoms with Gasteiger partial charge in [0.2, 0.25) is 11.7 Å². The molecule has 1 aromatic carbocycles. The van der Waals surface area contributed by atoms with Crippen molar-refractivity contribution in [3.8, 4) is 22.9 Å². The first-order valence-electron chi connectivity index (χ1n) is 5.89. The van der Waals surface area contributed by atoms with Crippen molar-refractivity contribution in [3.05, 3.63) is 18.0 Å². The molecule has 9 heteroatoms. The van der Waals surface area contributed by atoms with Gasteiger partial charge in [-0.25, -0.2) is 8.42 Å². The third kappa shape index (κ3) is 2.98. The van der Waals surface area contributed by atoms with E-state index in [0.717, 1.165) is 6.26 Å². The Morgan fingerprint density at radius 3 is 2.38 bits per heavy atom. The van der Waals surface area contributed by atoms with Gasteiger partial charge in [-0.1, -0.05) is 5.16 Å². The topological polar surface area (TPSA) is 118 Å². The summed E-state index contributed by atoms with van der Waals surface area (Å²) in [5, 5.41) is 3.78. The molecule has 0 bridgehead atoms. The number of nitrogens with two attached hydrogens (primary N) is 1. The molecule has 21 heavy (non-hydrogen) atoms. The summed E-state index contributed by atoms with van der Waals surface area (Å²) >= 11 is 0. The van der Waals surface area contributed by atoms with Crippen molar-refractivity contribution in [2.24, 2.45) is 5.73 Å². The summed E-state index contributed by atoms with van der Waals surface area (Å²) in [7, 11) is -0.671. The number of hydrogen-bond donors (Lipinski definition) is 1. The van der Waals surface area contributed by atoms with Crippen molar-refractivity contribution >= 4 is 9.84 Å². The SMILES string of the molecule is COc1cc(S(C)(=O)=O)c(OC)cc1-c1noc(CN)n1. The van der Waals surface area contributed by atoms with Crippen molar-refractivity contribution in [2.75, 3.05) is 20.5 Å². The zero-order valence-corrected chi connectivity index (χ0v) is 12.6. The Balaban J connectivity index is 2.66. The Kier molecular flexibility index (Phi) is 4.14. The van der Waals surface area contributed by atoms with Crippen molar-refractivity contribution < 1.29 is 22.4 Å². The van der Waals surface area contributed by atoms with Gasteiger partial charge in [0.1, 0.15) is 16.4 Å². The molecule has 0 aliphatic rings. The van der Waals surface area contributed by atoms with Crippen molar-refractivity contribution in [2.45, 2.75) is 11.4 Å². The van der Waals surface area contributed by atoms with E-state index in [1.54, 1.807) is 0 Å². The van der Waals surface area contributed by atoms with Crippen LogP contribution in [-0.2, 0) is 16.4 Å². The van der Waals surface area contributed by atoms with E-state index < -0.39 is 9.84 Å². The minimum Gasteiger partial charge on any atom is -0.496 e. The third-order valence-corrected chi connectivity index (χ3v) is 3.89. The lowest BCUT2D eigenvalue weighted by Gasteiger charge is -2.12. The van der Waals surface area contributed by atoms with E-state index in [1.165, 1.54) is 26.4 Å². The molecule has 8 nitrogen and oxygen atoms in total. The molecule has 0 aliphatic heterocycles. The average Bonchev–Trinajstić information content (AvgIpc) is 2.93. The molecule has 2 rings (SSSR count). The molecule has 2 aromatic rings. The highest BCUT2D eigenvalue weighted by atomic mass is 32.2. The van der Waals surface area contributed by atoms with Crippen molar-refractivity contribution in [1.29, 1.82) is 0 Å². The summed E-state index contributed by atoms with van der Waals surface area (Å²) in [6, 6.07) is 2.85. The number of sulfone groups is 1. The third-order valence-electron chi connectivity index (χ3n) is 2.77. The predicted octanol–water partition coefficient (Wildman–Crippen LogP) is 0.616. The van der Waals surface area contributed by atoms with Gasteiger partial charge in [0, 0.05) is 12.3 Å². The van der Waals surface area contributed by atoms with Crippen molar-refractivity contribution in [3.63, 3.8) is 0 Å². The van der Waals surface area contributed by atoms with Crippen molar-refractivity contribution in [1.82, 2.24) is 10.1 Å². The lowest BCUT2D eigenvalue weighted by molar-refractivity contribution is 0.379. The van der Waals surface area contributed by atoms with Crippen LogP contribution in [0.1, 0.15) is 5.89 Å². The van der Waals surface area contributed by atoms with Gasteiger partial charge in [0.25, 0.3) is 0 Å². The monoisotopic (exact) mass is 313 g/mol. The maximum atomic E-state index is 11.8. The van der Waals surface area contributed by atoms with Crippen LogP contribution in [0.5, 0.6) is 11.5 Å². The maximum Gasteiger partial charge on any atom is 0.240 e. The van der Waals surface area contributed by atoms with Gasteiger partial charge in [-0.05, 0) is 6.07 Å². The van der Waals surface area contributed by atoms with Crippen LogP contribution in [0.15, 0.2) is 21.6 Å². The number of hydrogen-bond acceptors (Lipinski definition) is 8. The summed E-state index contributed by atoms with van der Waals surface area (Å²) in [6.07, 6.45) is 1.09. The fourth-order valence-corrected chi connectivity index (χ4v) is 2.61. The van der Waals surface area contributed by atoms with Crippen LogP contribution in [0.25, 0.3) is 11.4 Å². The summed E-state index contributed by atoms with van der Waals surface area (Å²) in [6.45, 7) is 0.105. The predicted molar refractivity (Wildman–Crippen MR) is 73.8 cm³/mol. The van der Waals surface area contributed by atoms with Crippen LogP contribution >= 0.6 is 0 Å². The highest BCUT2D eigenvalue weighted by Gasteiger charge is 2.21. The fraction of sp³-hybridized carbons (Fsp3) is 0.333. The lowest BCUT2D eigenvalue weighted by Crippen LogP contribution is -2.03. The lowest BCUT2D eigenvalue weighted by atomic mass is 10.1. The highest BCUT2D eigenvalue weighted by Crippen LogP contribution is 2.36. The molecule has 1 heterocycles. The van der Waals surface area contributed by atoms with Gasteiger partial charge in [0.05, 0.1) is 26.3 Å². The Labute approximate surface area is 121 Å².